The number of amides is 1. The number of carbonyl (C=O) groups excluding carboxylic acids is 1. The van der Waals surface area contributed by atoms with Crippen molar-refractivity contribution in [2.75, 3.05) is 0 Å². The molecule has 132 valence electrons. The van der Waals surface area contributed by atoms with Crippen LogP contribution in [-0.4, -0.2) is 21.6 Å². The van der Waals surface area contributed by atoms with E-state index in [1.807, 2.05) is 0 Å². The maximum Gasteiger partial charge on any atom is 0.223 e. The number of carbonyl (C=O) groups is 1. The van der Waals surface area contributed by atoms with Gasteiger partial charge in [0.2, 0.25) is 5.91 Å². The third-order valence-electron chi connectivity index (χ3n) is 4.33. The molecule has 0 spiro atoms. The molecule has 25 heavy (non-hydrogen) atoms. The molecule has 0 radical (unpaired) electrons. The number of halogens is 1. The molecule has 0 atom stereocenters. The molecule has 1 aromatic heterocycles. The summed E-state index contributed by atoms with van der Waals surface area (Å²) in [7, 11) is 0. The maximum absolute atomic E-state index is 12.9. The zero-order valence-corrected chi connectivity index (χ0v) is 13.9. The minimum atomic E-state index is -0.856. The summed E-state index contributed by atoms with van der Waals surface area (Å²) in [5.41, 5.74) is -0.211. The van der Waals surface area contributed by atoms with Crippen LogP contribution >= 0.6 is 0 Å². The number of aliphatic hydroxyl groups is 1. The fraction of sp³-hybridized carbons (Fsp3) is 0.368. The highest BCUT2D eigenvalue weighted by atomic mass is 19.1. The lowest BCUT2D eigenvalue weighted by molar-refractivity contribution is -0.126. The van der Waals surface area contributed by atoms with Crippen molar-refractivity contribution in [1.29, 1.82) is 0 Å². The molecule has 1 amide bonds. The molecule has 1 saturated carbocycles. The van der Waals surface area contributed by atoms with Crippen LogP contribution in [-0.2, 0) is 11.3 Å². The van der Waals surface area contributed by atoms with E-state index < -0.39 is 5.60 Å². The van der Waals surface area contributed by atoms with Crippen molar-refractivity contribution in [3.8, 4) is 11.5 Å². The second-order valence-corrected chi connectivity index (χ2v) is 6.42. The molecule has 0 unspecified atom stereocenters. The summed E-state index contributed by atoms with van der Waals surface area (Å²) in [5.74, 6) is 0.566. The third kappa shape index (κ3) is 5.00. The van der Waals surface area contributed by atoms with Crippen LogP contribution in [0.3, 0.4) is 0 Å². The Balaban J connectivity index is 1.54. The molecule has 0 bridgehead atoms. The average molecular weight is 344 g/mol. The van der Waals surface area contributed by atoms with Gasteiger partial charge >= 0.3 is 0 Å². The first-order valence-corrected chi connectivity index (χ1v) is 8.40. The zero-order valence-electron chi connectivity index (χ0n) is 13.9. The molecule has 1 aromatic carbocycles. The quantitative estimate of drug-likeness (QED) is 0.843. The summed E-state index contributed by atoms with van der Waals surface area (Å²) in [5, 5.41) is 13.0. The van der Waals surface area contributed by atoms with Gasteiger partial charge in [-0.15, -0.1) is 0 Å². The van der Waals surface area contributed by atoms with Crippen LogP contribution in [0.5, 0.6) is 11.5 Å². The van der Waals surface area contributed by atoms with Crippen LogP contribution < -0.4 is 10.1 Å². The van der Waals surface area contributed by atoms with E-state index in [2.05, 4.69) is 10.3 Å². The first-order valence-electron chi connectivity index (χ1n) is 8.40. The molecule has 1 heterocycles. The van der Waals surface area contributed by atoms with Gasteiger partial charge in [0.15, 0.2) is 0 Å². The highest BCUT2D eigenvalue weighted by Crippen LogP contribution is 2.32. The smallest absolute Gasteiger partial charge is 0.223 e. The zero-order chi connectivity index (χ0) is 17.7. The molecule has 2 aromatic rings. The lowest BCUT2D eigenvalue weighted by Gasteiger charge is -2.21. The number of nitrogens with one attached hydrogen (secondary N) is 1. The van der Waals surface area contributed by atoms with Crippen molar-refractivity contribution < 1.29 is 19.0 Å². The van der Waals surface area contributed by atoms with Crippen LogP contribution in [0.2, 0.25) is 0 Å². The van der Waals surface area contributed by atoms with Crippen LogP contribution in [0.4, 0.5) is 4.39 Å². The molecule has 0 saturated heterocycles. The number of hydrogen-bond donors (Lipinski definition) is 2. The summed E-state index contributed by atoms with van der Waals surface area (Å²) in [6.45, 7) is 0.259. The van der Waals surface area contributed by atoms with E-state index >= 15 is 0 Å². The van der Waals surface area contributed by atoms with E-state index in [0.717, 1.165) is 12.8 Å². The largest absolute Gasteiger partial charge is 0.457 e. The molecule has 2 N–H and O–H groups in total. The Morgan fingerprint density at radius 2 is 1.92 bits per heavy atom. The van der Waals surface area contributed by atoms with Crippen molar-refractivity contribution in [3.05, 3.63) is 54.1 Å². The minimum absolute atomic E-state index is 0.124. The van der Waals surface area contributed by atoms with Crippen LogP contribution in [0, 0.1) is 5.82 Å². The number of hydrogen-bond acceptors (Lipinski definition) is 4. The number of pyridine rings is 1. The van der Waals surface area contributed by atoms with Gasteiger partial charge < -0.3 is 15.2 Å². The van der Waals surface area contributed by atoms with E-state index in [1.54, 1.807) is 30.5 Å². The predicted octanol–water partition coefficient (Wildman–Crippen LogP) is 3.32. The van der Waals surface area contributed by atoms with Crippen molar-refractivity contribution >= 4 is 5.91 Å². The molecule has 1 aliphatic carbocycles. The number of ether oxygens (including phenoxy) is 1. The molecule has 3 rings (SSSR count). The van der Waals surface area contributed by atoms with Gasteiger partial charge in [-0.3, -0.25) is 9.78 Å². The normalized spacial score (nSPS) is 15.8. The summed E-state index contributed by atoms with van der Waals surface area (Å²) in [6.07, 6.45) is 5.01. The van der Waals surface area contributed by atoms with Gasteiger partial charge in [-0.2, -0.15) is 0 Å². The van der Waals surface area contributed by atoms with Gasteiger partial charge in [0, 0.05) is 12.3 Å². The average Bonchev–Trinajstić information content (AvgIpc) is 3.01. The number of nitrogens with zero attached hydrogens (tertiary/aromatic N) is 1. The standard InChI is InChI=1S/C19H21FN2O3/c20-14-3-5-16(6-4-14)25-17-7-10-21-15(11-17)13-22-18(23)12-19(24)8-1-2-9-19/h3-7,10-11,24H,1-2,8-9,12-13H2,(H,22,23). The van der Waals surface area contributed by atoms with E-state index in [9.17, 15) is 14.3 Å². The molecule has 6 heteroatoms. The predicted molar refractivity (Wildman–Crippen MR) is 90.6 cm³/mol. The molecular formula is C19H21FN2O3. The highest BCUT2D eigenvalue weighted by molar-refractivity contribution is 5.77. The molecule has 1 fully saturated rings. The first-order chi connectivity index (χ1) is 12.0. The summed E-state index contributed by atoms with van der Waals surface area (Å²) < 4.78 is 18.6. The number of aromatic nitrogens is 1. The molecular weight excluding hydrogens is 323 g/mol. The Kier molecular flexibility index (Phi) is 5.28. The van der Waals surface area contributed by atoms with E-state index in [-0.39, 0.29) is 24.7 Å². The second-order valence-electron chi connectivity index (χ2n) is 6.42. The third-order valence-corrected chi connectivity index (χ3v) is 4.33. The van der Waals surface area contributed by atoms with Crippen LogP contribution in [0.25, 0.3) is 0 Å². The lowest BCUT2D eigenvalue weighted by atomic mass is 9.98. The Labute approximate surface area is 145 Å². The fourth-order valence-electron chi connectivity index (χ4n) is 3.02. The van der Waals surface area contributed by atoms with Crippen molar-refractivity contribution in [2.24, 2.45) is 0 Å². The Hall–Kier alpha value is -2.47. The van der Waals surface area contributed by atoms with Crippen LogP contribution in [0.1, 0.15) is 37.8 Å². The maximum atomic E-state index is 12.9. The van der Waals surface area contributed by atoms with E-state index in [1.165, 1.54) is 12.1 Å². The molecule has 1 aliphatic rings. The second kappa shape index (κ2) is 7.61. The lowest BCUT2D eigenvalue weighted by Crippen LogP contribution is -2.34. The van der Waals surface area contributed by atoms with Gasteiger partial charge in [-0.25, -0.2) is 4.39 Å². The Morgan fingerprint density at radius 1 is 1.20 bits per heavy atom. The number of benzene rings is 1. The van der Waals surface area contributed by atoms with Gasteiger partial charge in [-0.1, -0.05) is 12.8 Å². The van der Waals surface area contributed by atoms with Crippen molar-refractivity contribution in [3.63, 3.8) is 0 Å². The van der Waals surface area contributed by atoms with Gasteiger partial charge in [0.25, 0.3) is 0 Å². The summed E-state index contributed by atoms with van der Waals surface area (Å²) in [4.78, 5) is 16.2. The highest BCUT2D eigenvalue weighted by Gasteiger charge is 2.33. The van der Waals surface area contributed by atoms with Gasteiger partial charge in [0.1, 0.15) is 17.3 Å². The topological polar surface area (TPSA) is 71.5 Å². The Morgan fingerprint density at radius 3 is 2.64 bits per heavy atom. The summed E-state index contributed by atoms with van der Waals surface area (Å²) >= 11 is 0. The fourth-order valence-corrected chi connectivity index (χ4v) is 3.02. The van der Waals surface area contributed by atoms with Crippen molar-refractivity contribution in [2.45, 2.75) is 44.2 Å². The van der Waals surface area contributed by atoms with Gasteiger partial charge in [-0.05, 0) is 43.2 Å². The molecule has 0 aliphatic heterocycles. The van der Waals surface area contributed by atoms with Gasteiger partial charge in [0.05, 0.1) is 24.3 Å². The first kappa shape index (κ1) is 17.4. The van der Waals surface area contributed by atoms with Crippen molar-refractivity contribution in [1.82, 2.24) is 10.3 Å². The van der Waals surface area contributed by atoms with E-state index in [0.29, 0.717) is 30.0 Å². The van der Waals surface area contributed by atoms with Crippen LogP contribution in [0.15, 0.2) is 42.6 Å². The molecule has 5 nitrogen and oxygen atoms in total. The monoisotopic (exact) mass is 344 g/mol. The number of rotatable bonds is 6. The SMILES string of the molecule is O=C(CC1(O)CCCC1)NCc1cc(Oc2ccc(F)cc2)ccn1. The van der Waals surface area contributed by atoms with E-state index in [4.69, 9.17) is 4.74 Å². The summed E-state index contributed by atoms with van der Waals surface area (Å²) in [6, 6.07) is 9.14. The Bertz CT molecular complexity index is 728. The minimum Gasteiger partial charge on any atom is -0.457 e.